The lowest BCUT2D eigenvalue weighted by molar-refractivity contribution is -0.141. The number of benzene rings is 4. The van der Waals surface area contributed by atoms with Crippen molar-refractivity contribution in [2.24, 2.45) is 5.92 Å². The maximum atomic E-state index is 13.4. The fourth-order valence-corrected chi connectivity index (χ4v) is 6.05. The van der Waals surface area contributed by atoms with Gasteiger partial charge in [-0.3, -0.25) is 4.79 Å². The molecule has 1 heterocycles. The van der Waals surface area contributed by atoms with Crippen LogP contribution in [0.25, 0.3) is 11.1 Å². The van der Waals surface area contributed by atoms with E-state index < -0.39 is 61.0 Å². The summed E-state index contributed by atoms with van der Waals surface area (Å²) in [5.41, 5.74) is 2.96. The van der Waals surface area contributed by atoms with Crippen LogP contribution in [0.4, 0.5) is 10.1 Å². The van der Waals surface area contributed by atoms with E-state index in [1.807, 2.05) is 6.07 Å². The minimum absolute atomic E-state index is 0.0902. The van der Waals surface area contributed by atoms with Gasteiger partial charge in [-0.15, -0.1) is 0 Å². The number of hydrogen-bond donors (Lipinski definition) is 8. The highest BCUT2D eigenvalue weighted by atomic mass is 19.1. The number of amides is 1. The molecule has 10 nitrogen and oxygen atoms in total. The summed E-state index contributed by atoms with van der Waals surface area (Å²) in [6, 6.07) is 25.3. The van der Waals surface area contributed by atoms with Gasteiger partial charge in [0.05, 0.1) is 24.7 Å². The van der Waals surface area contributed by atoms with Crippen LogP contribution in [0.2, 0.25) is 0 Å². The van der Waals surface area contributed by atoms with Gasteiger partial charge in [-0.1, -0.05) is 60.7 Å². The molecule has 0 aliphatic carbocycles. The van der Waals surface area contributed by atoms with E-state index in [2.05, 4.69) is 0 Å². The minimum Gasteiger partial charge on any atom is -0.508 e. The summed E-state index contributed by atoms with van der Waals surface area (Å²) in [7, 11) is 0. The highest BCUT2D eigenvalue weighted by Gasteiger charge is 2.49. The normalized spacial score (nSPS) is 20.2. The number of β-lactam (4-membered cyclic amide) rings is 1. The third-order valence-electron chi connectivity index (χ3n) is 8.77. The number of aliphatic hydroxyl groups excluding tert-OH is 7. The van der Waals surface area contributed by atoms with Gasteiger partial charge in [-0.2, -0.15) is 0 Å². The van der Waals surface area contributed by atoms with Crippen molar-refractivity contribution in [2.45, 2.75) is 55.5 Å². The van der Waals surface area contributed by atoms with Gasteiger partial charge < -0.3 is 45.8 Å². The number of carbonyl (C=O) groups excluding carboxylic acids is 1. The molecule has 0 bridgehead atoms. The second kappa shape index (κ2) is 14.7. The van der Waals surface area contributed by atoms with Crippen LogP contribution in [0.3, 0.4) is 0 Å². The Hall–Kier alpha value is -4.20. The molecule has 0 aromatic heterocycles. The molecule has 1 fully saturated rings. The number of para-hydroxylation sites is 1. The van der Waals surface area contributed by atoms with Gasteiger partial charge in [0.2, 0.25) is 5.91 Å². The molecule has 0 radical (unpaired) electrons. The molecule has 1 amide bonds. The number of halogens is 1. The number of rotatable bonds is 13. The highest BCUT2D eigenvalue weighted by Crippen LogP contribution is 2.49. The van der Waals surface area contributed by atoms with Crippen molar-refractivity contribution in [1.82, 2.24) is 0 Å². The fourth-order valence-electron chi connectivity index (χ4n) is 6.05. The maximum Gasteiger partial charge on any atom is 0.233 e. The van der Waals surface area contributed by atoms with Gasteiger partial charge in [-0.25, -0.2) is 4.39 Å². The van der Waals surface area contributed by atoms with Gasteiger partial charge in [-0.05, 0) is 71.5 Å². The van der Waals surface area contributed by atoms with E-state index in [0.717, 1.165) is 0 Å². The molecule has 4 aromatic carbocycles. The first-order valence-electron chi connectivity index (χ1n) is 15.3. The van der Waals surface area contributed by atoms with Crippen LogP contribution in [0.15, 0.2) is 97.1 Å². The summed E-state index contributed by atoms with van der Waals surface area (Å²) in [6.45, 7) is -0.854. The Morgan fingerprint density at radius 2 is 1.40 bits per heavy atom. The lowest BCUT2D eigenvalue weighted by Gasteiger charge is -2.48. The van der Waals surface area contributed by atoms with E-state index >= 15 is 0 Å². The molecule has 1 aliphatic rings. The molecule has 47 heavy (non-hydrogen) atoms. The first-order chi connectivity index (χ1) is 22.5. The Morgan fingerprint density at radius 1 is 0.723 bits per heavy atom. The van der Waals surface area contributed by atoms with Crippen LogP contribution in [-0.4, -0.2) is 77.8 Å². The van der Waals surface area contributed by atoms with Gasteiger partial charge in [0, 0.05) is 11.3 Å². The third kappa shape index (κ3) is 7.21. The van der Waals surface area contributed by atoms with Crippen LogP contribution in [-0.2, 0) is 4.79 Å². The second-order valence-electron chi connectivity index (χ2n) is 11.8. The topological polar surface area (TPSA) is 182 Å². The maximum absolute atomic E-state index is 13.4. The van der Waals surface area contributed by atoms with Gasteiger partial charge in [0.1, 0.15) is 42.1 Å². The Morgan fingerprint density at radius 3 is 2.06 bits per heavy atom. The zero-order valence-corrected chi connectivity index (χ0v) is 25.3. The molecule has 8 atom stereocenters. The predicted octanol–water partition coefficient (Wildman–Crippen LogP) is 2.89. The summed E-state index contributed by atoms with van der Waals surface area (Å²) in [5.74, 6) is -1.21. The van der Waals surface area contributed by atoms with E-state index in [-0.39, 0.29) is 23.6 Å². The molecule has 4 aromatic rings. The molecule has 1 unspecified atom stereocenters. The number of hydrogen-bond acceptors (Lipinski definition) is 9. The Labute approximate surface area is 270 Å². The Bertz CT molecular complexity index is 1650. The van der Waals surface area contributed by atoms with Crippen molar-refractivity contribution < 1.29 is 50.0 Å². The molecule has 8 N–H and O–H groups in total. The lowest BCUT2D eigenvalue weighted by atomic mass is 9.77. The van der Waals surface area contributed by atoms with Crippen LogP contribution in [0.5, 0.6) is 5.75 Å². The molecular weight excluding hydrogens is 609 g/mol. The number of aliphatic hydroxyl groups is 7. The number of anilines is 1. The van der Waals surface area contributed by atoms with Crippen molar-refractivity contribution in [2.75, 3.05) is 11.5 Å². The molecule has 0 saturated carbocycles. The standard InChI is InChI=1S/C36H38FNO9/c37-24-12-9-20(10-13-24)28(40)16-15-27-31(38(36(27)47)25-7-2-1-3-8-25)26-14-11-22(18-29(26)41)21-5-4-6-23(17-21)32(43)34(45)35(46)33(44)30(42)19-39/h1-14,17-18,27-28,30-35,39-46H,15-16,19H2/t27?,28-,30-,31+,32-,33+,34+,35-/m0/s1. The van der Waals surface area contributed by atoms with Crippen LogP contribution in [0, 0.1) is 11.7 Å². The van der Waals surface area contributed by atoms with Crippen LogP contribution >= 0.6 is 0 Å². The summed E-state index contributed by atoms with van der Waals surface area (Å²) in [6.07, 6.45) is -9.49. The summed E-state index contributed by atoms with van der Waals surface area (Å²) in [5, 5.41) is 82.0. The smallest absolute Gasteiger partial charge is 0.233 e. The van der Waals surface area contributed by atoms with Crippen LogP contribution < -0.4 is 4.90 Å². The highest BCUT2D eigenvalue weighted by molar-refractivity contribution is 6.03. The predicted molar refractivity (Wildman–Crippen MR) is 170 cm³/mol. The zero-order valence-electron chi connectivity index (χ0n) is 25.3. The summed E-state index contributed by atoms with van der Waals surface area (Å²) in [4.78, 5) is 15.1. The molecule has 0 spiro atoms. The SMILES string of the molecule is O=C1C(CC[C@H](O)c2ccc(F)cc2)[C@@H](c2ccc(-c3cccc([C@H](O)[C@@H](O)[C@@H](O)[C@H](O)[C@@H](O)CO)c3)cc2O)N1c1ccccc1. The minimum atomic E-state index is -1.96. The van der Waals surface area contributed by atoms with E-state index in [0.29, 0.717) is 34.4 Å². The van der Waals surface area contributed by atoms with Crippen molar-refractivity contribution in [3.8, 4) is 16.9 Å². The van der Waals surface area contributed by atoms with Gasteiger partial charge >= 0.3 is 0 Å². The van der Waals surface area contributed by atoms with E-state index in [1.54, 1.807) is 53.4 Å². The van der Waals surface area contributed by atoms with Crippen molar-refractivity contribution in [1.29, 1.82) is 0 Å². The number of phenolic OH excluding ortho intramolecular Hbond substituents is 1. The molecule has 11 heteroatoms. The average molecular weight is 648 g/mol. The van der Waals surface area contributed by atoms with E-state index in [1.165, 1.54) is 42.5 Å². The molecule has 1 saturated heterocycles. The van der Waals surface area contributed by atoms with Crippen molar-refractivity contribution in [3.05, 3.63) is 120 Å². The first kappa shape index (κ1) is 34.1. The summed E-state index contributed by atoms with van der Waals surface area (Å²) >= 11 is 0. The quantitative estimate of drug-likeness (QED) is 0.101. The lowest BCUT2D eigenvalue weighted by Crippen LogP contribution is -2.55. The number of nitrogens with zero attached hydrogens (tertiary/aromatic N) is 1. The molecule has 248 valence electrons. The Balaban J connectivity index is 1.38. The van der Waals surface area contributed by atoms with E-state index in [4.69, 9.17) is 5.11 Å². The third-order valence-corrected chi connectivity index (χ3v) is 8.77. The first-order valence-corrected chi connectivity index (χ1v) is 15.3. The zero-order chi connectivity index (χ0) is 33.8. The largest absolute Gasteiger partial charge is 0.508 e. The van der Waals surface area contributed by atoms with Crippen molar-refractivity contribution >= 4 is 11.6 Å². The molecule has 1 aliphatic heterocycles. The van der Waals surface area contributed by atoms with Gasteiger partial charge in [0.25, 0.3) is 0 Å². The molecule has 5 rings (SSSR count). The second-order valence-corrected chi connectivity index (χ2v) is 11.8. The fraction of sp³-hybridized carbons (Fsp3) is 0.306. The molecular formula is C36H38FNO9. The number of aromatic hydroxyl groups is 1. The van der Waals surface area contributed by atoms with Crippen LogP contribution in [0.1, 0.15) is 47.8 Å². The number of phenols is 1. The van der Waals surface area contributed by atoms with E-state index in [9.17, 15) is 44.9 Å². The van der Waals surface area contributed by atoms with Crippen molar-refractivity contribution in [3.63, 3.8) is 0 Å². The number of carbonyl (C=O) groups is 1. The van der Waals surface area contributed by atoms with Gasteiger partial charge in [0.15, 0.2) is 0 Å². The summed E-state index contributed by atoms with van der Waals surface area (Å²) < 4.78 is 13.4. The Kier molecular flexibility index (Phi) is 10.7. The average Bonchev–Trinajstić information content (AvgIpc) is 3.09. The monoisotopic (exact) mass is 647 g/mol.